The molecule has 1 amide bonds. The third-order valence-corrected chi connectivity index (χ3v) is 0.724. The van der Waals surface area contributed by atoms with E-state index >= 15 is 0 Å². The lowest BCUT2D eigenvalue weighted by molar-refractivity contribution is -0.139. The summed E-state index contributed by atoms with van der Waals surface area (Å²) >= 11 is 0. The number of rotatable bonds is 2. The van der Waals surface area contributed by atoms with Gasteiger partial charge in [-0.3, -0.25) is 4.79 Å². The number of nitriles is 1. The van der Waals surface area contributed by atoms with Crippen molar-refractivity contribution in [3.63, 3.8) is 0 Å². The summed E-state index contributed by atoms with van der Waals surface area (Å²) in [5.41, 5.74) is 0. The van der Waals surface area contributed by atoms with Crippen molar-refractivity contribution in [1.29, 1.82) is 5.26 Å². The predicted octanol–water partition coefficient (Wildman–Crippen LogP) is -0.901. The van der Waals surface area contributed by atoms with Gasteiger partial charge in [-0.25, -0.2) is 4.79 Å². The highest BCUT2D eigenvalue weighted by molar-refractivity contribution is 5.84. The van der Waals surface area contributed by atoms with Crippen molar-refractivity contribution in [2.75, 3.05) is 0 Å². The Labute approximate surface area is 57.3 Å². The number of hydrogen-bond acceptors (Lipinski definition) is 3. The molecule has 2 N–H and O–H groups in total. The predicted molar refractivity (Wildman–Crippen MR) is 30.9 cm³/mol. The summed E-state index contributed by atoms with van der Waals surface area (Å²) in [7, 11) is 0. The van der Waals surface area contributed by atoms with Gasteiger partial charge in [0.2, 0.25) is 11.9 Å². The maximum atomic E-state index is 10.2. The number of carboxylic acid groups (broad SMARTS) is 1. The molecule has 0 aliphatic carbocycles. The first-order valence-electron chi connectivity index (χ1n) is 2.47. The monoisotopic (exact) mass is 142 g/mol. The summed E-state index contributed by atoms with van der Waals surface area (Å²) in [5.74, 6) is -1.88. The molecule has 0 fully saturated rings. The fourth-order valence-electron chi connectivity index (χ4n) is 0.352. The normalized spacial score (nSPS) is 11.2. The fourth-order valence-corrected chi connectivity index (χ4v) is 0.352. The van der Waals surface area contributed by atoms with Crippen LogP contribution in [0.1, 0.15) is 6.92 Å². The third kappa shape index (κ3) is 2.67. The lowest BCUT2D eigenvalue weighted by atomic mass is 10.3. The molecule has 5 nitrogen and oxygen atoms in total. The Hall–Kier alpha value is -1.57. The van der Waals surface area contributed by atoms with Crippen LogP contribution in [0.5, 0.6) is 0 Å². The van der Waals surface area contributed by atoms with Gasteiger partial charge in [0.1, 0.15) is 0 Å². The highest BCUT2D eigenvalue weighted by Crippen LogP contribution is 1.79. The van der Waals surface area contributed by atoms with Crippen LogP contribution in [0.2, 0.25) is 0 Å². The van der Waals surface area contributed by atoms with Gasteiger partial charge in [-0.1, -0.05) is 0 Å². The Balaban J connectivity index is 4.00. The Morgan fingerprint density at radius 2 is 2.20 bits per heavy atom. The molecule has 0 aliphatic rings. The second-order valence-corrected chi connectivity index (χ2v) is 1.60. The molecule has 0 unspecified atom stereocenters. The molecule has 54 valence electrons. The molecule has 5 heteroatoms. The molecule has 0 radical (unpaired) electrons. The van der Waals surface area contributed by atoms with Gasteiger partial charge in [0.25, 0.3) is 0 Å². The van der Waals surface area contributed by atoms with Crippen molar-refractivity contribution >= 4 is 11.9 Å². The van der Waals surface area contributed by atoms with Crippen LogP contribution < -0.4 is 5.32 Å². The zero-order chi connectivity index (χ0) is 8.15. The number of carbonyl (C=O) groups is 2. The first kappa shape index (κ1) is 8.43. The smallest absolute Gasteiger partial charge is 0.341 e. The first-order valence-corrected chi connectivity index (χ1v) is 2.47. The van der Waals surface area contributed by atoms with E-state index in [9.17, 15) is 9.59 Å². The molecule has 0 rings (SSSR count). The number of nitrogens with one attached hydrogen (secondary N) is 1. The fraction of sp³-hybridized carbons (Fsp3) is 0.400. The first-order chi connectivity index (χ1) is 4.57. The van der Waals surface area contributed by atoms with E-state index in [1.165, 1.54) is 6.07 Å². The van der Waals surface area contributed by atoms with Crippen LogP contribution in [-0.4, -0.2) is 23.0 Å². The molecule has 0 aromatic heterocycles. The van der Waals surface area contributed by atoms with Gasteiger partial charge < -0.3 is 10.4 Å². The van der Waals surface area contributed by atoms with Crippen molar-refractivity contribution in [3.05, 3.63) is 0 Å². The molecule has 0 saturated heterocycles. The van der Waals surface area contributed by atoms with Gasteiger partial charge in [0, 0.05) is 6.92 Å². The van der Waals surface area contributed by atoms with E-state index in [0.29, 0.717) is 0 Å². The topological polar surface area (TPSA) is 90.2 Å². The summed E-state index contributed by atoms with van der Waals surface area (Å²) in [6.07, 6.45) is 0. The SMILES string of the molecule is CC(=O)N[C@@H](C#N)C(=O)O. The van der Waals surface area contributed by atoms with Crippen molar-refractivity contribution in [1.82, 2.24) is 5.32 Å². The number of carboxylic acids is 1. The minimum atomic E-state index is -1.43. The number of carbonyl (C=O) groups excluding carboxylic acids is 1. The van der Waals surface area contributed by atoms with E-state index in [-0.39, 0.29) is 0 Å². The van der Waals surface area contributed by atoms with E-state index in [2.05, 4.69) is 0 Å². The molecular weight excluding hydrogens is 136 g/mol. The summed E-state index contributed by atoms with van der Waals surface area (Å²) in [5, 5.41) is 18.2. The highest BCUT2D eigenvalue weighted by Gasteiger charge is 2.15. The molecule has 0 aromatic rings. The maximum absolute atomic E-state index is 10.2. The summed E-state index contributed by atoms with van der Waals surface area (Å²) in [6, 6.07) is -0.0315. The summed E-state index contributed by atoms with van der Waals surface area (Å²) in [6.45, 7) is 1.15. The molecule has 0 aromatic carbocycles. The Bertz CT molecular complexity index is 194. The van der Waals surface area contributed by atoms with E-state index in [1.54, 1.807) is 0 Å². The van der Waals surface area contributed by atoms with E-state index < -0.39 is 17.9 Å². The molecule has 0 bridgehead atoms. The number of nitrogens with zero attached hydrogens (tertiary/aromatic N) is 1. The maximum Gasteiger partial charge on any atom is 0.341 e. The Morgan fingerprint density at radius 3 is 2.30 bits per heavy atom. The summed E-state index contributed by atoms with van der Waals surface area (Å²) < 4.78 is 0. The molecule has 0 aliphatic heterocycles. The molecular formula is C5H6N2O3. The van der Waals surface area contributed by atoms with Gasteiger partial charge in [0.05, 0.1) is 6.07 Å². The zero-order valence-corrected chi connectivity index (χ0v) is 5.29. The molecule has 0 heterocycles. The van der Waals surface area contributed by atoms with Crippen molar-refractivity contribution < 1.29 is 14.7 Å². The lowest BCUT2D eigenvalue weighted by Gasteiger charge is -2.01. The van der Waals surface area contributed by atoms with Gasteiger partial charge in [-0.05, 0) is 0 Å². The molecule has 10 heavy (non-hydrogen) atoms. The molecule has 0 spiro atoms. The van der Waals surface area contributed by atoms with Crippen LogP contribution in [0, 0.1) is 11.3 Å². The van der Waals surface area contributed by atoms with Gasteiger partial charge >= 0.3 is 5.97 Å². The van der Waals surface area contributed by atoms with Crippen molar-refractivity contribution in [2.24, 2.45) is 0 Å². The minimum Gasteiger partial charge on any atom is -0.479 e. The van der Waals surface area contributed by atoms with E-state index in [0.717, 1.165) is 6.92 Å². The number of amides is 1. The van der Waals surface area contributed by atoms with Crippen LogP contribution in [0.25, 0.3) is 0 Å². The van der Waals surface area contributed by atoms with Crippen molar-refractivity contribution in [2.45, 2.75) is 13.0 Å². The standard InChI is InChI=1S/C5H6N2O3/c1-3(8)7-4(2-6)5(9)10/h4H,1H3,(H,7,8)(H,9,10)/t4-/m0/s1. The third-order valence-electron chi connectivity index (χ3n) is 0.724. The largest absolute Gasteiger partial charge is 0.479 e. The van der Waals surface area contributed by atoms with Crippen LogP contribution in [0.4, 0.5) is 0 Å². The minimum absolute atomic E-state index is 0.533. The van der Waals surface area contributed by atoms with E-state index in [4.69, 9.17) is 10.4 Å². The average molecular weight is 142 g/mol. The molecule has 0 saturated carbocycles. The van der Waals surface area contributed by atoms with Gasteiger partial charge in [-0.2, -0.15) is 5.26 Å². The Kier molecular flexibility index (Phi) is 2.91. The zero-order valence-electron chi connectivity index (χ0n) is 5.29. The van der Waals surface area contributed by atoms with Gasteiger partial charge in [-0.15, -0.1) is 0 Å². The second kappa shape index (κ2) is 3.45. The van der Waals surface area contributed by atoms with Crippen LogP contribution in [0.3, 0.4) is 0 Å². The number of hydrogen-bond donors (Lipinski definition) is 2. The van der Waals surface area contributed by atoms with Crippen LogP contribution >= 0.6 is 0 Å². The molecule has 1 atom stereocenters. The lowest BCUT2D eigenvalue weighted by Crippen LogP contribution is -2.38. The summed E-state index contributed by atoms with van der Waals surface area (Å²) in [4.78, 5) is 20.2. The van der Waals surface area contributed by atoms with Crippen LogP contribution in [-0.2, 0) is 9.59 Å². The second-order valence-electron chi connectivity index (χ2n) is 1.60. The highest BCUT2D eigenvalue weighted by atomic mass is 16.4. The Morgan fingerprint density at radius 1 is 1.70 bits per heavy atom. The van der Waals surface area contributed by atoms with Gasteiger partial charge in [0.15, 0.2) is 0 Å². The van der Waals surface area contributed by atoms with E-state index in [1.807, 2.05) is 5.32 Å². The van der Waals surface area contributed by atoms with Crippen molar-refractivity contribution in [3.8, 4) is 6.07 Å². The quantitative estimate of drug-likeness (QED) is 0.522. The average Bonchev–Trinajstić information content (AvgIpc) is 1.81. The number of aliphatic carboxylic acids is 1. The van der Waals surface area contributed by atoms with Crippen LogP contribution in [0.15, 0.2) is 0 Å².